The second-order valence-corrected chi connectivity index (χ2v) is 4.61. The van der Waals surface area contributed by atoms with Crippen molar-refractivity contribution in [1.82, 2.24) is 25.2 Å². The van der Waals surface area contributed by atoms with Crippen molar-refractivity contribution in [2.24, 2.45) is 0 Å². The number of likely N-dealkylation sites (N-methyl/N-ethyl adjacent to an activating group) is 1. The van der Waals surface area contributed by atoms with Gasteiger partial charge in [0.2, 0.25) is 5.89 Å². The van der Waals surface area contributed by atoms with Gasteiger partial charge in [0.05, 0.1) is 11.2 Å². The molecule has 19 heavy (non-hydrogen) atoms. The Morgan fingerprint density at radius 1 is 1.53 bits per heavy atom. The van der Waals surface area contributed by atoms with Crippen LogP contribution >= 0.6 is 24.0 Å². The van der Waals surface area contributed by atoms with Gasteiger partial charge in [0, 0.05) is 31.6 Å². The van der Waals surface area contributed by atoms with Crippen LogP contribution in [0.15, 0.2) is 16.9 Å². The summed E-state index contributed by atoms with van der Waals surface area (Å²) in [6.45, 7) is 2.75. The van der Waals surface area contributed by atoms with Gasteiger partial charge in [-0.05, 0) is 14.0 Å². The molecule has 0 aliphatic heterocycles. The van der Waals surface area contributed by atoms with Crippen molar-refractivity contribution < 1.29 is 4.52 Å². The van der Waals surface area contributed by atoms with E-state index in [9.17, 15) is 0 Å². The number of halogens is 2. The van der Waals surface area contributed by atoms with E-state index in [1.54, 1.807) is 17.1 Å². The van der Waals surface area contributed by atoms with Crippen molar-refractivity contribution in [1.29, 1.82) is 0 Å². The molecule has 8 heteroatoms. The molecule has 1 atom stereocenters. The molecule has 0 spiro atoms. The van der Waals surface area contributed by atoms with Gasteiger partial charge < -0.3 is 9.84 Å². The van der Waals surface area contributed by atoms with Crippen LogP contribution < -0.4 is 5.32 Å². The SMILES string of the molecule is CNC(C)Cc1noc(CCn2cc(Cl)cn2)n1.Cl. The topological polar surface area (TPSA) is 68.8 Å². The largest absolute Gasteiger partial charge is 0.339 e. The Bertz CT molecular complexity index is 499. The molecule has 106 valence electrons. The first kappa shape index (κ1) is 15.9. The van der Waals surface area contributed by atoms with Crippen LogP contribution in [0.1, 0.15) is 18.6 Å². The van der Waals surface area contributed by atoms with Crippen LogP contribution in [0.5, 0.6) is 0 Å². The summed E-state index contributed by atoms with van der Waals surface area (Å²) in [7, 11) is 1.91. The third kappa shape index (κ3) is 4.81. The molecule has 0 saturated carbocycles. The molecule has 1 N–H and O–H groups in total. The maximum absolute atomic E-state index is 5.78. The lowest BCUT2D eigenvalue weighted by Crippen LogP contribution is -2.24. The molecular formula is C11H17Cl2N5O. The zero-order valence-corrected chi connectivity index (χ0v) is 12.4. The number of aromatic nitrogens is 4. The molecule has 6 nitrogen and oxygen atoms in total. The van der Waals surface area contributed by atoms with Crippen molar-refractivity contribution >= 4 is 24.0 Å². The van der Waals surface area contributed by atoms with Gasteiger partial charge in [-0.2, -0.15) is 10.1 Å². The lowest BCUT2D eigenvalue weighted by atomic mass is 10.2. The van der Waals surface area contributed by atoms with Crippen LogP contribution in [0, 0.1) is 0 Å². The maximum Gasteiger partial charge on any atom is 0.228 e. The Labute approximate surface area is 122 Å². The van der Waals surface area contributed by atoms with Gasteiger partial charge in [-0.3, -0.25) is 4.68 Å². The number of hydrogen-bond acceptors (Lipinski definition) is 5. The molecule has 0 fully saturated rings. The predicted molar refractivity (Wildman–Crippen MR) is 74.7 cm³/mol. The fourth-order valence-electron chi connectivity index (χ4n) is 1.52. The van der Waals surface area contributed by atoms with Crippen LogP contribution in [0.3, 0.4) is 0 Å². The summed E-state index contributed by atoms with van der Waals surface area (Å²) in [6.07, 6.45) is 4.78. The monoisotopic (exact) mass is 305 g/mol. The predicted octanol–water partition coefficient (Wildman–Crippen LogP) is 1.73. The maximum atomic E-state index is 5.78. The Balaban J connectivity index is 0.00000180. The molecular weight excluding hydrogens is 289 g/mol. The second-order valence-electron chi connectivity index (χ2n) is 4.17. The van der Waals surface area contributed by atoms with Crippen molar-refractivity contribution in [2.45, 2.75) is 32.4 Å². The summed E-state index contributed by atoms with van der Waals surface area (Å²) < 4.78 is 6.93. The molecule has 0 saturated heterocycles. The van der Waals surface area contributed by atoms with Crippen molar-refractivity contribution in [3.8, 4) is 0 Å². The number of hydrogen-bond donors (Lipinski definition) is 1. The summed E-state index contributed by atoms with van der Waals surface area (Å²) in [5.74, 6) is 1.35. The lowest BCUT2D eigenvalue weighted by molar-refractivity contribution is 0.362. The first-order chi connectivity index (χ1) is 8.67. The van der Waals surface area contributed by atoms with E-state index in [2.05, 4.69) is 27.5 Å². The van der Waals surface area contributed by atoms with Crippen molar-refractivity contribution in [3.63, 3.8) is 0 Å². The Morgan fingerprint density at radius 3 is 2.95 bits per heavy atom. The number of nitrogens with one attached hydrogen (secondary N) is 1. The van der Waals surface area contributed by atoms with Gasteiger partial charge >= 0.3 is 0 Å². The van der Waals surface area contributed by atoms with E-state index in [0.717, 1.165) is 12.2 Å². The standard InChI is InChI=1S/C11H16ClN5O.ClH/c1-8(13-2)5-10-15-11(18-16-10)3-4-17-7-9(12)6-14-17;/h6-8,13H,3-5H2,1-2H3;1H. The van der Waals surface area contributed by atoms with Crippen LogP contribution in [0.2, 0.25) is 5.02 Å². The fourth-order valence-corrected chi connectivity index (χ4v) is 1.68. The van der Waals surface area contributed by atoms with E-state index in [0.29, 0.717) is 29.9 Å². The molecule has 0 aliphatic carbocycles. The van der Waals surface area contributed by atoms with Gasteiger partial charge in [0.15, 0.2) is 5.82 Å². The van der Waals surface area contributed by atoms with Crippen molar-refractivity contribution in [3.05, 3.63) is 29.1 Å². The zero-order valence-electron chi connectivity index (χ0n) is 10.8. The Morgan fingerprint density at radius 2 is 2.32 bits per heavy atom. The van der Waals surface area contributed by atoms with Crippen LogP contribution in [-0.2, 0) is 19.4 Å². The van der Waals surface area contributed by atoms with Gasteiger partial charge in [-0.25, -0.2) is 0 Å². The fraction of sp³-hybridized carbons (Fsp3) is 0.545. The van der Waals surface area contributed by atoms with E-state index in [4.69, 9.17) is 16.1 Å². The normalized spacial score (nSPS) is 12.2. The summed E-state index contributed by atoms with van der Waals surface area (Å²) in [5.41, 5.74) is 0. The van der Waals surface area contributed by atoms with Crippen LogP contribution in [0.25, 0.3) is 0 Å². The van der Waals surface area contributed by atoms with E-state index in [1.165, 1.54) is 0 Å². The third-order valence-corrected chi connectivity index (χ3v) is 2.84. The molecule has 1 unspecified atom stereocenters. The first-order valence-electron chi connectivity index (χ1n) is 5.84. The highest BCUT2D eigenvalue weighted by atomic mass is 35.5. The molecule has 0 amide bonds. The van der Waals surface area contributed by atoms with Crippen molar-refractivity contribution in [2.75, 3.05) is 7.05 Å². The average Bonchev–Trinajstić information content (AvgIpc) is 2.96. The van der Waals surface area contributed by atoms with E-state index in [-0.39, 0.29) is 12.4 Å². The molecule has 0 aliphatic rings. The highest BCUT2D eigenvalue weighted by Gasteiger charge is 2.09. The molecule has 0 aromatic carbocycles. The third-order valence-electron chi connectivity index (χ3n) is 2.65. The summed E-state index contributed by atoms with van der Waals surface area (Å²) >= 11 is 5.78. The quantitative estimate of drug-likeness (QED) is 0.880. The van der Waals surface area contributed by atoms with Gasteiger partial charge in [-0.15, -0.1) is 12.4 Å². The Hall–Kier alpha value is -1.11. The molecule has 2 aromatic rings. The minimum Gasteiger partial charge on any atom is -0.339 e. The van der Waals surface area contributed by atoms with Crippen LogP contribution in [0.4, 0.5) is 0 Å². The van der Waals surface area contributed by atoms with Gasteiger partial charge in [0.1, 0.15) is 0 Å². The molecule has 2 heterocycles. The first-order valence-corrected chi connectivity index (χ1v) is 6.22. The molecule has 2 rings (SSSR count). The van der Waals surface area contributed by atoms with Gasteiger partial charge in [0.25, 0.3) is 0 Å². The smallest absolute Gasteiger partial charge is 0.228 e. The molecule has 0 bridgehead atoms. The Kier molecular flexibility index (Phi) is 6.27. The number of nitrogens with zero attached hydrogens (tertiary/aromatic N) is 4. The van der Waals surface area contributed by atoms with E-state index >= 15 is 0 Å². The summed E-state index contributed by atoms with van der Waals surface area (Å²) in [6, 6.07) is 0.334. The second kappa shape index (κ2) is 7.47. The lowest BCUT2D eigenvalue weighted by Gasteiger charge is -2.04. The summed E-state index contributed by atoms with van der Waals surface area (Å²) in [5, 5.41) is 11.8. The number of aryl methyl sites for hydroxylation is 2. The average molecular weight is 306 g/mol. The molecule has 2 aromatic heterocycles. The minimum atomic E-state index is 0. The zero-order chi connectivity index (χ0) is 13.0. The number of rotatable bonds is 6. The highest BCUT2D eigenvalue weighted by Crippen LogP contribution is 2.06. The van der Waals surface area contributed by atoms with E-state index in [1.807, 2.05) is 7.05 Å². The van der Waals surface area contributed by atoms with Gasteiger partial charge in [-0.1, -0.05) is 16.8 Å². The summed E-state index contributed by atoms with van der Waals surface area (Å²) in [4.78, 5) is 4.33. The van der Waals surface area contributed by atoms with E-state index < -0.39 is 0 Å². The minimum absolute atomic E-state index is 0. The molecule has 0 radical (unpaired) electrons. The highest BCUT2D eigenvalue weighted by molar-refractivity contribution is 6.30. The van der Waals surface area contributed by atoms with Crippen LogP contribution in [-0.4, -0.2) is 33.0 Å².